The molecule has 0 radical (unpaired) electrons. The van der Waals surface area contributed by atoms with Crippen LogP contribution < -0.4 is 11.1 Å². The normalized spacial score (nSPS) is 18.2. The molecule has 1 fully saturated rings. The summed E-state index contributed by atoms with van der Waals surface area (Å²) in [6.45, 7) is 0.365. The third-order valence-electron chi connectivity index (χ3n) is 5.94. The number of nitrogens with zero attached hydrogens (tertiary/aromatic N) is 4. The number of anilines is 2. The molecule has 4 aromatic rings. The number of aliphatic hydroxyl groups is 1. The summed E-state index contributed by atoms with van der Waals surface area (Å²) in [6.07, 6.45) is 6.14. The van der Waals surface area contributed by atoms with Crippen molar-refractivity contribution in [2.45, 2.75) is 24.9 Å². The average molecular weight is 462 g/mol. The zero-order chi connectivity index (χ0) is 23.7. The van der Waals surface area contributed by atoms with E-state index >= 15 is 4.39 Å². The molecular weight excluding hydrogens is 439 g/mol. The maximum atomic E-state index is 15.3. The van der Waals surface area contributed by atoms with Crippen molar-refractivity contribution in [2.24, 2.45) is 0 Å². The van der Waals surface area contributed by atoms with Gasteiger partial charge in [-0.05, 0) is 43.2 Å². The molecule has 1 aliphatic heterocycles. The molecule has 4 heterocycles. The Morgan fingerprint density at radius 2 is 2.12 bits per heavy atom. The lowest BCUT2D eigenvalue weighted by Gasteiger charge is -2.27. The summed E-state index contributed by atoms with van der Waals surface area (Å²) in [7, 11) is 0. The van der Waals surface area contributed by atoms with Crippen LogP contribution in [-0.2, 0) is 4.74 Å². The molecule has 9 nitrogen and oxygen atoms in total. The van der Waals surface area contributed by atoms with Gasteiger partial charge in [-0.2, -0.15) is 0 Å². The number of rotatable bonds is 5. The first-order valence-corrected chi connectivity index (χ1v) is 10.9. The lowest BCUT2D eigenvalue weighted by molar-refractivity contribution is -0.0282. The Morgan fingerprint density at radius 1 is 1.24 bits per heavy atom. The monoisotopic (exact) mass is 462 g/mol. The van der Waals surface area contributed by atoms with E-state index in [9.17, 15) is 9.90 Å². The fourth-order valence-electron chi connectivity index (χ4n) is 4.19. The second-order valence-electron chi connectivity index (χ2n) is 8.13. The topological polar surface area (TPSA) is 128 Å². The summed E-state index contributed by atoms with van der Waals surface area (Å²) in [5.41, 5.74) is 7.36. The fourth-order valence-corrected chi connectivity index (χ4v) is 4.19. The standard InChI is InChI=1S/C24H23FN6O3/c25-18-11-14(24(33)29-19-3-1-2-8-27-19)5-7-17(18)20-21-22(26)28-9-10-31(21)23(30-20)15-4-6-16(12-32)34-13-15/h1-3,5,7-11,15-16,32H,4,6,12-13H2,(H2,26,28)(H,27,29,33)/t15?,16-/m1/s1. The number of nitrogen functional groups attached to an aromatic ring is 1. The largest absolute Gasteiger partial charge is 0.394 e. The fraction of sp³-hybridized carbons (Fsp3) is 0.250. The molecular formula is C24H23FN6O3. The van der Waals surface area contributed by atoms with E-state index in [1.54, 1.807) is 36.8 Å². The number of imidazole rings is 1. The Balaban J connectivity index is 1.50. The van der Waals surface area contributed by atoms with Crippen molar-refractivity contribution in [2.75, 3.05) is 24.3 Å². The van der Waals surface area contributed by atoms with Crippen LogP contribution in [0.15, 0.2) is 55.0 Å². The first kappa shape index (κ1) is 21.9. The summed E-state index contributed by atoms with van der Waals surface area (Å²) >= 11 is 0. The van der Waals surface area contributed by atoms with Gasteiger partial charge in [0.1, 0.15) is 34.5 Å². The predicted molar refractivity (Wildman–Crippen MR) is 124 cm³/mol. The van der Waals surface area contributed by atoms with Crippen molar-refractivity contribution in [3.63, 3.8) is 0 Å². The van der Waals surface area contributed by atoms with E-state index < -0.39 is 11.7 Å². The van der Waals surface area contributed by atoms with E-state index in [0.717, 1.165) is 6.42 Å². The molecule has 4 N–H and O–H groups in total. The first-order valence-electron chi connectivity index (χ1n) is 10.9. The molecule has 2 atom stereocenters. The number of ether oxygens (including phenoxy) is 1. The number of aliphatic hydroxyl groups excluding tert-OH is 1. The Kier molecular flexibility index (Phi) is 5.91. The van der Waals surface area contributed by atoms with Gasteiger partial charge in [-0.3, -0.25) is 9.20 Å². The van der Waals surface area contributed by atoms with E-state index in [1.807, 2.05) is 4.40 Å². The van der Waals surface area contributed by atoms with Gasteiger partial charge >= 0.3 is 0 Å². The molecule has 0 spiro atoms. The Morgan fingerprint density at radius 3 is 2.82 bits per heavy atom. The van der Waals surface area contributed by atoms with Gasteiger partial charge in [-0.15, -0.1) is 0 Å². The number of halogens is 1. The lowest BCUT2D eigenvalue weighted by atomic mass is 9.98. The minimum atomic E-state index is -0.608. The third-order valence-corrected chi connectivity index (χ3v) is 5.94. The zero-order valence-electron chi connectivity index (χ0n) is 18.2. The van der Waals surface area contributed by atoms with Crippen LogP contribution in [0.25, 0.3) is 16.8 Å². The summed E-state index contributed by atoms with van der Waals surface area (Å²) in [5.74, 6) is 0.155. The van der Waals surface area contributed by atoms with E-state index in [-0.39, 0.29) is 35.6 Å². The van der Waals surface area contributed by atoms with Gasteiger partial charge in [0.25, 0.3) is 5.91 Å². The van der Waals surface area contributed by atoms with Gasteiger partial charge in [-0.25, -0.2) is 19.3 Å². The van der Waals surface area contributed by atoms with E-state index in [4.69, 9.17) is 15.5 Å². The van der Waals surface area contributed by atoms with E-state index in [1.165, 1.54) is 18.2 Å². The Bertz CT molecular complexity index is 1340. The quantitative estimate of drug-likeness (QED) is 0.416. The van der Waals surface area contributed by atoms with E-state index in [2.05, 4.69) is 15.3 Å². The number of nitrogens with two attached hydrogens (primary N) is 1. The molecule has 1 unspecified atom stereocenters. The summed E-state index contributed by atoms with van der Waals surface area (Å²) in [5, 5.41) is 12.0. The van der Waals surface area contributed by atoms with Crippen molar-refractivity contribution >= 4 is 23.1 Å². The number of carbonyl (C=O) groups is 1. The molecule has 1 aliphatic rings. The van der Waals surface area contributed by atoms with Crippen molar-refractivity contribution < 1.29 is 19.0 Å². The average Bonchev–Trinajstić information content (AvgIpc) is 3.25. The van der Waals surface area contributed by atoms with Crippen LogP contribution >= 0.6 is 0 Å². The number of aromatic nitrogens is 4. The number of amides is 1. The molecule has 1 saturated heterocycles. The van der Waals surface area contributed by atoms with Crippen LogP contribution in [0.4, 0.5) is 16.0 Å². The second kappa shape index (κ2) is 9.16. The van der Waals surface area contributed by atoms with Crippen LogP contribution in [0.3, 0.4) is 0 Å². The summed E-state index contributed by atoms with van der Waals surface area (Å²) in [4.78, 5) is 25.5. The van der Waals surface area contributed by atoms with Crippen LogP contribution in [0.5, 0.6) is 0 Å². The number of fused-ring (bicyclic) bond motifs is 1. The molecule has 174 valence electrons. The molecule has 5 rings (SSSR count). The van der Waals surface area contributed by atoms with Crippen LogP contribution in [-0.4, -0.2) is 49.7 Å². The van der Waals surface area contributed by atoms with Crippen molar-refractivity contribution in [1.82, 2.24) is 19.4 Å². The Hall–Kier alpha value is -3.89. The highest BCUT2D eigenvalue weighted by atomic mass is 19.1. The molecule has 0 aliphatic carbocycles. The minimum Gasteiger partial charge on any atom is -0.394 e. The number of carbonyl (C=O) groups excluding carboxylic acids is 1. The van der Waals surface area contributed by atoms with Crippen LogP contribution in [0.1, 0.15) is 34.9 Å². The molecule has 34 heavy (non-hydrogen) atoms. The highest BCUT2D eigenvalue weighted by molar-refractivity contribution is 6.04. The van der Waals surface area contributed by atoms with Gasteiger partial charge < -0.3 is 20.9 Å². The van der Waals surface area contributed by atoms with Crippen molar-refractivity contribution in [1.29, 1.82) is 0 Å². The first-order chi connectivity index (χ1) is 16.5. The van der Waals surface area contributed by atoms with Crippen LogP contribution in [0, 0.1) is 5.82 Å². The number of benzene rings is 1. The highest BCUT2D eigenvalue weighted by Gasteiger charge is 2.28. The number of hydrogen-bond acceptors (Lipinski definition) is 7. The minimum absolute atomic E-state index is 0.0252. The van der Waals surface area contributed by atoms with Crippen molar-refractivity contribution in [3.8, 4) is 11.3 Å². The molecule has 3 aromatic heterocycles. The SMILES string of the molecule is Nc1nccn2c(C3CC[C@H](CO)OC3)nc(-c3ccc(C(=O)Nc4ccccn4)cc3F)c12. The summed E-state index contributed by atoms with van der Waals surface area (Å²) in [6, 6.07) is 9.34. The zero-order valence-corrected chi connectivity index (χ0v) is 18.2. The van der Waals surface area contributed by atoms with Gasteiger partial charge in [0.15, 0.2) is 0 Å². The maximum absolute atomic E-state index is 15.3. The maximum Gasteiger partial charge on any atom is 0.256 e. The van der Waals surface area contributed by atoms with E-state index in [0.29, 0.717) is 35.9 Å². The smallest absolute Gasteiger partial charge is 0.256 e. The summed E-state index contributed by atoms with van der Waals surface area (Å²) < 4.78 is 22.8. The number of hydrogen-bond donors (Lipinski definition) is 3. The van der Waals surface area contributed by atoms with Crippen LogP contribution in [0.2, 0.25) is 0 Å². The molecule has 1 aromatic carbocycles. The number of nitrogens with one attached hydrogen (secondary N) is 1. The highest BCUT2D eigenvalue weighted by Crippen LogP contribution is 2.35. The molecule has 0 bridgehead atoms. The molecule has 0 saturated carbocycles. The second-order valence-corrected chi connectivity index (χ2v) is 8.13. The Labute approximate surface area is 194 Å². The molecule has 10 heteroatoms. The predicted octanol–water partition coefficient (Wildman–Crippen LogP) is 3.02. The number of pyridine rings is 1. The van der Waals surface area contributed by atoms with Gasteiger partial charge in [-0.1, -0.05) is 6.07 Å². The van der Waals surface area contributed by atoms with Gasteiger partial charge in [0.2, 0.25) is 0 Å². The van der Waals surface area contributed by atoms with Gasteiger partial charge in [0, 0.05) is 35.6 Å². The van der Waals surface area contributed by atoms with Crippen molar-refractivity contribution in [3.05, 3.63) is 72.2 Å². The molecule has 1 amide bonds. The third kappa shape index (κ3) is 4.09. The lowest BCUT2D eigenvalue weighted by Crippen LogP contribution is -2.28. The van der Waals surface area contributed by atoms with Gasteiger partial charge in [0.05, 0.1) is 19.3 Å².